The minimum Gasteiger partial charge on any atom is -0.398 e. The smallest absolute Gasteiger partial charge is 0.252 e. The molecule has 1 amide bonds. The molecule has 3 rings (SSSR count). The van der Waals surface area contributed by atoms with E-state index in [0.29, 0.717) is 11.3 Å². The quantitative estimate of drug-likeness (QED) is 0.766. The predicted octanol–water partition coefficient (Wildman–Crippen LogP) is 2.58. The topological polar surface area (TPSA) is 55.1 Å². The molecule has 3 N–H and O–H groups in total. The molecule has 1 unspecified atom stereocenters. The highest BCUT2D eigenvalue weighted by molar-refractivity contribution is 6.02. The van der Waals surface area contributed by atoms with Crippen LogP contribution in [-0.4, -0.2) is 5.91 Å². The van der Waals surface area contributed by atoms with Crippen molar-refractivity contribution in [3.63, 3.8) is 0 Å². The van der Waals surface area contributed by atoms with E-state index in [1.165, 1.54) is 0 Å². The zero-order chi connectivity index (χ0) is 13.6. The maximum Gasteiger partial charge on any atom is 0.252 e. The first-order valence-corrected chi connectivity index (χ1v) is 6.31. The Bertz CT molecular complexity index is 678. The second-order valence-electron chi connectivity index (χ2n) is 5.16. The van der Waals surface area contributed by atoms with Crippen molar-refractivity contribution in [1.29, 1.82) is 0 Å². The zero-order valence-electron chi connectivity index (χ0n) is 11.0. The minimum absolute atomic E-state index is 0.0620. The third-order valence-electron chi connectivity index (χ3n) is 3.89. The predicted molar refractivity (Wildman–Crippen MR) is 76.0 cm³/mol. The van der Waals surface area contributed by atoms with E-state index >= 15 is 0 Å². The number of fused-ring (bicyclic) bond motifs is 1. The van der Waals surface area contributed by atoms with Crippen molar-refractivity contribution < 1.29 is 4.79 Å². The highest BCUT2D eigenvalue weighted by Crippen LogP contribution is 2.41. The van der Waals surface area contributed by atoms with Gasteiger partial charge in [0.25, 0.3) is 5.91 Å². The SMILES string of the molecule is Cc1ccccc1C1(C)NC(=O)c2cccc(N)c21. The summed E-state index contributed by atoms with van der Waals surface area (Å²) in [6, 6.07) is 13.5. The Labute approximate surface area is 112 Å². The lowest BCUT2D eigenvalue weighted by molar-refractivity contribution is 0.0944. The molecule has 0 fully saturated rings. The number of carbonyl (C=O) groups is 1. The van der Waals surface area contributed by atoms with Gasteiger partial charge in [0.05, 0.1) is 5.54 Å². The molecule has 96 valence electrons. The first-order valence-electron chi connectivity index (χ1n) is 6.31. The molecule has 19 heavy (non-hydrogen) atoms. The molecule has 1 aliphatic heterocycles. The van der Waals surface area contributed by atoms with E-state index in [9.17, 15) is 4.79 Å². The molecule has 3 nitrogen and oxygen atoms in total. The van der Waals surface area contributed by atoms with Gasteiger partial charge in [-0.25, -0.2) is 0 Å². The molecule has 0 aromatic heterocycles. The second-order valence-corrected chi connectivity index (χ2v) is 5.16. The van der Waals surface area contributed by atoms with E-state index in [2.05, 4.69) is 5.32 Å². The molecular formula is C16H16N2O. The molecule has 1 aliphatic rings. The summed E-state index contributed by atoms with van der Waals surface area (Å²) in [6.07, 6.45) is 0. The molecule has 0 aliphatic carbocycles. The lowest BCUT2D eigenvalue weighted by Gasteiger charge is -2.29. The third-order valence-corrected chi connectivity index (χ3v) is 3.89. The molecule has 0 saturated heterocycles. The van der Waals surface area contributed by atoms with Gasteiger partial charge >= 0.3 is 0 Å². The van der Waals surface area contributed by atoms with E-state index in [1.54, 1.807) is 0 Å². The van der Waals surface area contributed by atoms with Crippen LogP contribution in [0.5, 0.6) is 0 Å². The minimum atomic E-state index is -0.552. The number of nitrogen functional groups attached to an aromatic ring is 1. The van der Waals surface area contributed by atoms with Crippen molar-refractivity contribution in [2.24, 2.45) is 0 Å². The van der Waals surface area contributed by atoms with Gasteiger partial charge in [-0.05, 0) is 37.1 Å². The van der Waals surface area contributed by atoms with Crippen LogP contribution in [0.3, 0.4) is 0 Å². The summed E-state index contributed by atoms with van der Waals surface area (Å²) in [6.45, 7) is 4.05. The van der Waals surface area contributed by atoms with Crippen molar-refractivity contribution in [1.82, 2.24) is 5.32 Å². The molecule has 1 heterocycles. The van der Waals surface area contributed by atoms with E-state index in [1.807, 2.05) is 56.3 Å². The van der Waals surface area contributed by atoms with Gasteiger partial charge in [-0.15, -0.1) is 0 Å². The summed E-state index contributed by atoms with van der Waals surface area (Å²) in [4.78, 5) is 12.2. The van der Waals surface area contributed by atoms with Gasteiger partial charge in [0.2, 0.25) is 0 Å². The fourth-order valence-electron chi connectivity index (χ4n) is 3.01. The van der Waals surface area contributed by atoms with Crippen molar-refractivity contribution in [3.8, 4) is 0 Å². The number of amides is 1. The number of nitrogens with two attached hydrogens (primary N) is 1. The summed E-state index contributed by atoms with van der Waals surface area (Å²) < 4.78 is 0. The van der Waals surface area contributed by atoms with Crippen LogP contribution in [0.4, 0.5) is 5.69 Å². The summed E-state index contributed by atoms with van der Waals surface area (Å²) in [5.74, 6) is -0.0620. The summed E-state index contributed by atoms with van der Waals surface area (Å²) in [5.41, 5.74) is 9.99. The van der Waals surface area contributed by atoms with Crippen LogP contribution in [0.25, 0.3) is 0 Å². The summed E-state index contributed by atoms with van der Waals surface area (Å²) in [7, 11) is 0. The third kappa shape index (κ3) is 1.55. The van der Waals surface area contributed by atoms with Crippen LogP contribution >= 0.6 is 0 Å². The highest BCUT2D eigenvalue weighted by Gasteiger charge is 2.42. The van der Waals surface area contributed by atoms with Gasteiger partial charge in [0.15, 0.2) is 0 Å². The molecule has 0 spiro atoms. The number of nitrogens with one attached hydrogen (secondary N) is 1. The van der Waals surface area contributed by atoms with Crippen LogP contribution in [0.1, 0.15) is 34.0 Å². The van der Waals surface area contributed by atoms with Crippen LogP contribution in [0, 0.1) is 6.92 Å². The van der Waals surface area contributed by atoms with Crippen LogP contribution in [-0.2, 0) is 5.54 Å². The van der Waals surface area contributed by atoms with Crippen molar-refractivity contribution in [2.45, 2.75) is 19.4 Å². The van der Waals surface area contributed by atoms with Gasteiger partial charge in [0.1, 0.15) is 0 Å². The Morgan fingerprint density at radius 3 is 2.58 bits per heavy atom. The average Bonchev–Trinajstić information content (AvgIpc) is 2.64. The van der Waals surface area contributed by atoms with Crippen molar-refractivity contribution in [3.05, 3.63) is 64.7 Å². The van der Waals surface area contributed by atoms with Gasteiger partial charge in [-0.3, -0.25) is 4.79 Å². The Balaban J connectivity index is 2.30. The maximum atomic E-state index is 12.2. The number of benzene rings is 2. The molecule has 3 heteroatoms. The fourth-order valence-corrected chi connectivity index (χ4v) is 3.01. The average molecular weight is 252 g/mol. The molecule has 2 aromatic rings. The zero-order valence-corrected chi connectivity index (χ0v) is 11.0. The van der Waals surface area contributed by atoms with Crippen LogP contribution in [0.15, 0.2) is 42.5 Å². The maximum absolute atomic E-state index is 12.2. The molecule has 0 saturated carbocycles. The standard InChI is InChI=1S/C16H16N2O/c1-10-6-3-4-8-12(10)16(2)14-11(15(19)18-16)7-5-9-13(14)17/h3-9H,17H2,1-2H3,(H,18,19). The first-order chi connectivity index (χ1) is 9.04. The Hall–Kier alpha value is -2.29. The van der Waals surface area contributed by atoms with E-state index < -0.39 is 5.54 Å². The van der Waals surface area contributed by atoms with Crippen molar-refractivity contribution in [2.75, 3.05) is 5.73 Å². The Morgan fingerprint density at radius 1 is 1.11 bits per heavy atom. The van der Waals surface area contributed by atoms with Crippen molar-refractivity contribution >= 4 is 11.6 Å². The van der Waals surface area contributed by atoms with Gasteiger partial charge in [-0.2, -0.15) is 0 Å². The molecule has 0 radical (unpaired) electrons. The molecule has 2 aromatic carbocycles. The number of carbonyl (C=O) groups excluding carboxylic acids is 1. The Morgan fingerprint density at radius 2 is 1.84 bits per heavy atom. The summed E-state index contributed by atoms with van der Waals surface area (Å²) in [5, 5.41) is 3.07. The van der Waals surface area contributed by atoms with Crippen LogP contribution in [0.2, 0.25) is 0 Å². The van der Waals surface area contributed by atoms with E-state index in [4.69, 9.17) is 5.73 Å². The first kappa shape index (κ1) is 11.8. The highest BCUT2D eigenvalue weighted by atomic mass is 16.2. The monoisotopic (exact) mass is 252 g/mol. The largest absolute Gasteiger partial charge is 0.398 e. The lowest BCUT2D eigenvalue weighted by Crippen LogP contribution is -2.38. The fraction of sp³-hybridized carbons (Fsp3) is 0.188. The normalized spacial score (nSPS) is 21.1. The molecule has 0 bridgehead atoms. The molecular weight excluding hydrogens is 236 g/mol. The number of aryl methyl sites for hydroxylation is 1. The number of hydrogen-bond donors (Lipinski definition) is 2. The number of anilines is 1. The summed E-state index contributed by atoms with van der Waals surface area (Å²) >= 11 is 0. The molecule has 1 atom stereocenters. The van der Waals surface area contributed by atoms with Gasteiger partial charge in [-0.1, -0.05) is 30.3 Å². The number of rotatable bonds is 1. The van der Waals surface area contributed by atoms with E-state index in [-0.39, 0.29) is 5.91 Å². The Kier molecular flexibility index (Phi) is 2.39. The second kappa shape index (κ2) is 3.85. The van der Waals surface area contributed by atoms with E-state index in [0.717, 1.165) is 16.7 Å². The van der Waals surface area contributed by atoms with Gasteiger partial charge in [0, 0.05) is 16.8 Å². The van der Waals surface area contributed by atoms with Gasteiger partial charge < -0.3 is 11.1 Å². The lowest BCUT2D eigenvalue weighted by atomic mass is 9.82. The van der Waals surface area contributed by atoms with Crippen LogP contribution < -0.4 is 11.1 Å². The number of hydrogen-bond acceptors (Lipinski definition) is 2.